The highest BCUT2D eigenvalue weighted by Gasteiger charge is 2.06. The third-order valence-electron chi connectivity index (χ3n) is 3.51. The van der Waals surface area contributed by atoms with Gasteiger partial charge in [0.2, 0.25) is 0 Å². The molecule has 0 spiro atoms. The fourth-order valence-electron chi connectivity index (χ4n) is 2.18. The summed E-state index contributed by atoms with van der Waals surface area (Å²) in [6, 6.07) is 15.8. The standard InChI is InChI=1S/C19H14Cl3N3O2/c20-13-2-4-14(5-3-13)23-11-19(26)25-24-10-15-6-8-18(27-15)12-1-7-16(21)17(22)9-12/h1-10,23H,11H2,(H,25,26)/b24-10-. The molecule has 0 atom stereocenters. The minimum absolute atomic E-state index is 0.0751. The summed E-state index contributed by atoms with van der Waals surface area (Å²) in [5.41, 5.74) is 4.00. The summed E-state index contributed by atoms with van der Waals surface area (Å²) in [6.45, 7) is 0.0751. The summed E-state index contributed by atoms with van der Waals surface area (Å²) in [5, 5.41) is 8.40. The molecule has 3 rings (SSSR count). The van der Waals surface area contributed by atoms with Gasteiger partial charge in [0, 0.05) is 16.3 Å². The molecule has 0 radical (unpaired) electrons. The highest BCUT2D eigenvalue weighted by atomic mass is 35.5. The van der Waals surface area contributed by atoms with Gasteiger partial charge in [-0.2, -0.15) is 5.10 Å². The van der Waals surface area contributed by atoms with Crippen molar-refractivity contribution in [2.75, 3.05) is 11.9 Å². The van der Waals surface area contributed by atoms with Gasteiger partial charge in [0.1, 0.15) is 11.5 Å². The van der Waals surface area contributed by atoms with Gasteiger partial charge < -0.3 is 9.73 Å². The fraction of sp³-hybridized carbons (Fsp3) is 0.0526. The fourth-order valence-corrected chi connectivity index (χ4v) is 2.61. The largest absolute Gasteiger partial charge is 0.455 e. The number of amides is 1. The Morgan fingerprint density at radius 2 is 1.78 bits per heavy atom. The zero-order chi connectivity index (χ0) is 19.2. The molecule has 27 heavy (non-hydrogen) atoms. The normalized spacial score (nSPS) is 10.9. The average molecular weight is 423 g/mol. The van der Waals surface area contributed by atoms with Crippen LogP contribution < -0.4 is 10.7 Å². The van der Waals surface area contributed by atoms with E-state index >= 15 is 0 Å². The predicted molar refractivity (Wildman–Crippen MR) is 110 cm³/mol. The Labute approximate surface area is 170 Å². The van der Waals surface area contributed by atoms with Crippen LogP contribution in [0.5, 0.6) is 0 Å². The molecule has 138 valence electrons. The maximum atomic E-state index is 11.8. The highest BCUT2D eigenvalue weighted by molar-refractivity contribution is 6.42. The lowest BCUT2D eigenvalue weighted by Gasteiger charge is -2.04. The number of nitrogens with one attached hydrogen (secondary N) is 2. The molecule has 0 aliphatic rings. The van der Waals surface area contributed by atoms with E-state index in [1.54, 1.807) is 54.6 Å². The van der Waals surface area contributed by atoms with Crippen LogP contribution in [0.3, 0.4) is 0 Å². The number of hydrogen-bond acceptors (Lipinski definition) is 4. The number of halogens is 3. The van der Waals surface area contributed by atoms with Crippen LogP contribution in [0.1, 0.15) is 5.76 Å². The van der Waals surface area contributed by atoms with Crippen molar-refractivity contribution in [3.05, 3.63) is 75.4 Å². The zero-order valence-electron chi connectivity index (χ0n) is 13.9. The molecule has 1 amide bonds. The lowest BCUT2D eigenvalue weighted by atomic mass is 10.2. The number of carbonyl (C=O) groups excluding carboxylic acids is 1. The van der Waals surface area contributed by atoms with E-state index in [0.717, 1.165) is 11.3 Å². The Hall–Kier alpha value is -2.47. The average Bonchev–Trinajstić information content (AvgIpc) is 3.12. The number of hydrazone groups is 1. The van der Waals surface area contributed by atoms with Gasteiger partial charge in [0.05, 0.1) is 22.8 Å². The molecule has 1 aromatic heterocycles. The van der Waals surface area contributed by atoms with Gasteiger partial charge in [-0.25, -0.2) is 5.43 Å². The van der Waals surface area contributed by atoms with Crippen LogP contribution >= 0.6 is 34.8 Å². The topological polar surface area (TPSA) is 66.6 Å². The number of nitrogens with zero attached hydrogens (tertiary/aromatic N) is 1. The van der Waals surface area contributed by atoms with Crippen molar-refractivity contribution >= 4 is 52.6 Å². The van der Waals surface area contributed by atoms with Gasteiger partial charge in [-0.05, 0) is 54.6 Å². The van der Waals surface area contributed by atoms with Crippen molar-refractivity contribution in [3.63, 3.8) is 0 Å². The van der Waals surface area contributed by atoms with Crippen molar-refractivity contribution in [1.29, 1.82) is 0 Å². The lowest BCUT2D eigenvalue weighted by molar-refractivity contribution is -0.119. The number of furan rings is 1. The minimum Gasteiger partial charge on any atom is -0.455 e. The smallest absolute Gasteiger partial charge is 0.259 e. The number of benzene rings is 2. The number of hydrogen-bond donors (Lipinski definition) is 2. The maximum Gasteiger partial charge on any atom is 0.259 e. The van der Waals surface area contributed by atoms with Crippen LogP contribution in [0, 0.1) is 0 Å². The number of anilines is 1. The quantitative estimate of drug-likeness (QED) is 0.409. The van der Waals surface area contributed by atoms with Crippen molar-refractivity contribution in [2.24, 2.45) is 5.10 Å². The van der Waals surface area contributed by atoms with Gasteiger partial charge in [-0.3, -0.25) is 4.79 Å². The van der Waals surface area contributed by atoms with Gasteiger partial charge in [0.25, 0.3) is 5.91 Å². The number of carbonyl (C=O) groups is 1. The van der Waals surface area contributed by atoms with Crippen LogP contribution in [-0.2, 0) is 4.79 Å². The molecular formula is C19H14Cl3N3O2. The first-order valence-electron chi connectivity index (χ1n) is 7.88. The second-order valence-electron chi connectivity index (χ2n) is 5.48. The molecule has 1 heterocycles. The van der Waals surface area contributed by atoms with Crippen LogP contribution in [0.2, 0.25) is 15.1 Å². The number of rotatable bonds is 6. The van der Waals surface area contributed by atoms with E-state index in [-0.39, 0.29) is 12.5 Å². The lowest BCUT2D eigenvalue weighted by Crippen LogP contribution is -2.25. The first-order chi connectivity index (χ1) is 13.0. The predicted octanol–water partition coefficient (Wildman–Crippen LogP) is 5.47. The summed E-state index contributed by atoms with van der Waals surface area (Å²) in [4.78, 5) is 11.8. The molecule has 8 heteroatoms. The third-order valence-corrected chi connectivity index (χ3v) is 4.50. The second-order valence-corrected chi connectivity index (χ2v) is 6.74. The highest BCUT2D eigenvalue weighted by Crippen LogP contribution is 2.29. The molecule has 0 bridgehead atoms. The first kappa shape index (κ1) is 19.3. The zero-order valence-corrected chi connectivity index (χ0v) is 16.1. The van der Waals surface area contributed by atoms with Crippen molar-refractivity contribution in [2.45, 2.75) is 0 Å². The Kier molecular flexibility index (Phi) is 6.40. The molecule has 0 saturated carbocycles. The molecule has 0 aliphatic carbocycles. The SMILES string of the molecule is O=C(CNc1ccc(Cl)cc1)N/N=C\c1ccc(-c2ccc(Cl)c(Cl)c2)o1. The summed E-state index contributed by atoms with van der Waals surface area (Å²) in [5.74, 6) is 0.810. The maximum absolute atomic E-state index is 11.8. The summed E-state index contributed by atoms with van der Waals surface area (Å²) < 4.78 is 5.66. The van der Waals surface area contributed by atoms with Crippen LogP contribution in [-0.4, -0.2) is 18.7 Å². The molecular weight excluding hydrogens is 409 g/mol. The monoisotopic (exact) mass is 421 g/mol. The van der Waals surface area contributed by atoms with E-state index in [2.05, 4.69) is 15.8 Å². The van der Waals surface area contributed by atoms with Gasteiger partial charge >= 0.3 is 0 Å². The van der Waals surface area contributed by atoms with Crippen LogP contribution in [0.4, 0.5) is 5.69 Å². The molecule has 0 aliphatic heterocycles. The Morgan fingerprint density at radius 1 is 1.00 bits per heavy atom. The third kappa shape index (κ3) is 5.50. The van der Waals surface area contributed by atoms with E-state index < -0.39 is 0 Å². The molecule has 5 nitrogen and oxygen atoms in total. The van der Waals surface area contributed by atoms with Crippen molar-refractivity contribution in [1.82, 2.24) is 5.43 Å². The van der Waals surface area contributed by atoms with E-state index in [1.807, 2.05) is 0 Å². The summed E-state index contributed by atoms with van der Waals surface area (Å²) in [6.07, 6.45) is 1.42. The summed E-state index contributed by atoms with van der Waals surface area (Å²) in [7, 11) is 0. The summed E-state index contributed by atoms with van der Waals surface area (Å²) >= 11 is 17.7. The molecule has 2 aromatic carbocycles. The van der Waals surface area contributed by atoms with Crippen molar-refractivity contribution < 1.29 is 9.21 Å². The van der Waals surface area contributed by atoms with E-state index in [9.17, 15) is 4.79 Å². The van der Waals surface area contributed by atoms with Gasteiger partial charge in [-0.15, -0.1) is 0 Å². The molecule has 0 saturated heterocycles. The van der Waals surface area contributed by atoms with E-state index in [4.69, 9.17) is 39.2 Å². The molecule has 0 unspecified atom stereocenters. The van der Waals surface area contributed by atoms with Gasteiger partial charge in [0.15, 0.2) is 0 Å². The van der Waals surface area contributed by atoms with Crippen molar-refractivity contribution in [3.8, 4) is 11.3 Å². The first-order valence-corrected chi connectivity index (χ1v) is 9.01. The Bertz CT molecular complexity index is 969. The van der Waals surface area contributed by atoms with Crippen LogP contribution in [0.25, 0.3) is 11.3 Å². The molecule has 3 aromatic rings. The molecule has 0 fully saturated rings. The van der Waals surface area contributed by atoms with Crippen LogP contribution in [0.15, 0.2) is 64.1 Å². The van der Waals surface area contributed by atoms with Gasteiger partial charge in [-0.1, -0.05) is 34.8 Å². The van der Waals surface area contributed by atoms with E-state index in [0.29, 0.717) is 26.6 Å². The Balaban J connectivity index is 1.52. The second kappa shape index (κ2) is 8.95. The minimum atomic E-state index is -0.294. The molecule has 2 N–H and O–H groups in total. The van der Waals surface area contributed by atoms with E-state index in [1.165, 1.54) is 6.21 Å². The Morgan fingerprint density at radius 3 is 2.52 bits per heavy atom.